The van der Waals surface area contributed by atoms with Gasteiger partial charge >= 0.3 is 0 Å². The van der Waals surface area contributed by atoms with Gasteiger partial charge in [0.1, 0.15) is 5.75 Å². The van der Waals surface area contributed by atoms with Crippen molar-refractivity contribution in [2.75, 3.05) is 13.2 Å². The second kappa shape index (κ2) is 14.3. The van der Waals surface area contributed by atoms with Crippen LogP contribution in [0.15, 0.2) is 79.0 Å². The fourth-order valence-electron chi connectivity index (χ4n) is 4.64. The number of benzene rings is 2. The van der Waals surface area contributed by atoms with Crippen molar-refractivity contribution in [3.05, 3.63) is 84.6 Å². The largest absolute Gasteiger partial charge is 0.494 e. The number of hydrogen-bond acceptors (Lipinski definition) is 4. The van der Waals surface area contributed by atoms with E-state index in [0.29, 0.717) is 13.2 Å². The minimum Gasteiger partial charge on any atom is -0.494 e. The molecule has 0 bridgehead atoms. The predicted molar refractivity (Wildman–Crippen MR) is 153 cm³/mol. The summed E-state index contributed by atoms with van der Waals surface area (Å²) < 4.78 is 5.89. The van der Waals surface area contributed by atoms with Crippen LogP contribution < -0.4 is 4.74 Å². The van der Waals surface area contributed by atoms with Crippen LogP contribution in [-0.4, -0.2) is 34.8 Å². The minimum absolute atomic E-state index is 0.202. The summed E-state index contributed by atoms with van der Waals surface area (Å²) >= 11 is 0. The summed E-state index contributed by atoms with van der Waals surface area (Å²) in [6.45, 7) is 3.39. The third kappa shape index (κ3) is 7.88. The van der Waals surface area contributed by atoms with Crippen LogP contribution >= 0.6 is 0 Å². The normalized spacial score (nSPS) is 12.9. The van der Waals surface area contributed by atoms with E-state index < -0.39 is 0 Å². The summed E-state index contributed by atoms with van der Waals surface area (Å²) in [5, 5.41) is 0. The molecule has 2 amide bonds. The van der Waals surface area contributed by atoms with Crippen molar-refractivity contribution in [1.82, 2.24) is 9.88 Å². The Kier molecular flexibility index (Phi) is 10.3. The standard InChI is InChI=1S/C33H38N2O3/c1-2-3-4-7-10-26-11-13-28(14-12-26)31-20-17-29(25-34-31)27-15-18-30(19-16-27)38-24-9-6-5-8-23-35-32(36)21-22-33(35)37/h11-22,25H,2-10,23-24H2,1H3. The second-order valence-electron chi connectivity index (χ2n) is 9.89. The zero-order valence-electron chi connectivity index (χ0n) is 22.4. The lowest BCUT2D eigenvalue weighted by molar-refractivity contribution is -0.136. The Bertz CT molecular complexity index is 1180. The summed E-state index contributed by atoms with van der Waals surface area (Å²) in [4.78, 5) is 29.1. The Hall–Kier alpha value is -3.73. The number of rotatable bonds is 15. The maximum Gasteiger partial charge on any atom is 0.253 e. The highest BCUT2D eigenvalue weighted by atomic mass is 16.5. The van der Waals surface area contributed by atoms with Gasteiger partial charge in [0, 0.05) is 36.0 Å². The summed E-state index contributed by atoms with van der Waals surface area (Å²) in [7, 11) is 0. The number of aryl methyl sites for hydroxylation is 1. The highest BCUT2D eigenvalue weighted by Gasteiger charge is 2.22. The van der Waals surface area contributed by atoms with Crippen LogP contribution in [0.3, 0.4) is 0 Å². The molecule has 0 unspecified atom stereocenters. The maximum absolute atomic E-state index is 11.5. The molecule has 3 aromatic rings. The van der Waals surface area contributed by atoms with Gasteiger partial charge in [-0.15, -0.1) is 0 Å². The number of nitrogens with zero attached hydrogens (tertiary/aromatic N) is 2. The van der Waals surface area contributed by atoms with Gasteiger partial charge in [-0.3, -0.25) is 19.5 Å². The molecule has 0 aliphatic carbocycles. The third-order valence-corrected chi connectivity index (χ3v) is 6.97. The number of imide groups is 1. The summed E-state index contributed by atoms with van der Waals surface area (Å²) in [6.07, 6.45) is 14.6. The fourth-order valence-corrected chi connectivity index (χ4v) is 4.64. The average molecular weight is 511 g/mol. The van der Waals surface area contributed by atoms with E-state index in [1.807, 2.05) is 18.3 Å². The zero-order chi connectivity index (χ0) is 26.6. The van der Waals surface area contributed by atoms with E-state index in [1.54, 1.807) is 0 Å². The number of pyridine rings is 1. The van der Waals surface area contributed by atoms with Crippen molar-refractivity contribution < 1.29 is 14.3 Å². The first-order chi connectivity index (χ1) is 18.6. The molecule has 2 aromatic carbocycles. The van der Waals surface area contributed by atoms with Crippen LogP contribution in [0.2, 0.25) is 0 Å². The lowest BCUT2D eigenvalue weighted by atomic mass is 10.0. The molecule has 0 atom stereocenters. The topological polar surface area (TPSA) is 59.5 Å². The molecule has 1 aromatic heterocycles. The molecular weight excluding hydrogens is 472 g/mol. The van der Waals surface area contributed by atoms with Crippen molar-refractivity contribution in [2.45, 2.75) is 64.7 Å². The van der Waals surface area contributed by atoms with Gasteiger partial charge in [0.2, 0.25) is 0 Å². The number of amides is 2. The van der Waals surface area contributed by atoms with Gasteiger partial charge in [-0.2, -0.15) is 0 Å². The van der Waals surface area contributed by atoms with E-state index >= 15 is 0 Å². The molecule has 38 heavy (non-hydrogen) atoms. The van der Waals surface area contributed by atoms with Gasteiger partial charge in [-0.25, -0.2) is 0 Å². The molecule has 0 fully saturated rings. The smallest absolute Gasteiger partial charge is 0.253 e. The van der Waals surface area contributed by atoms with Crippen molar-refractivity contribution >= 4 is 11.8 Å². The Morgan fingerprint density at radius 1 is 0.684 bits per heavy atom. The van der Waals surface area contributed by atoms with E-state index in [9.17, 15) is 9.59 Å². The van der Waals surface area contributed by atoms with Crippen LogP contribution in [0.1, 0.15) is 63.9 Å². The van der Waals surface area contributed by atoms with Gasteiger partial charge in [-0.05, 0) is 55.0 Å². The Labute approximate surface area is 226 Å². The summed E-state index contributed by atoms with van der Waals surface area (Å²) in [5.41, 5.74) is 5.72. The van der Waals surface area contributed by atoms with Crippen molar-refractivity contribution in [1.29, 1.82) is 0 Å². The molecule has 5 nitrogen and oxygen atoms in total. The van der Waals surface area contributed by atoms with E-state index in [0.717, 1.165) is 60.2 Å². The first kappa shape index (κ1) is 27.3. The van der Waals surface area contributed by atoms with E-state index in [-0.39, 0.29) is 11.8 Å². The zero-order valence-corrected chi connectivity index (χ0v) is 22.4. The summed E-state index contributed by atoms with van der Waals surface area (Å²) in [5.74, 6) is 0.450. The average Bonchev–Trinajstić information content (AvgIpc) is 3.28. The third-order valence-electron chi connectivity index (χ3n) is 6.97. The van der Waals surface area contributed by atoms with Gasteiger partial charge < -0.3 is 4.74 Å². The number of aromatic nitrogens is 1. The maximum atomic E-state index is 11.5. The van der Waals surface area contributed by atoms with E-state index in [1.165, 1.54) is 48.3 Å². The number of carbonyl (C=O) groups excluding carboxylic acids is 2. The lowest BCUT2D eigenvalue weighted by Crippen LogP contribution is -2.30. The van der Waals surface area contributed by atoms with Crippen molar-refractivity contribution in [3.8, 4) is 28.1 Å². The first-order valence-electron chi connectivity index (χ1n) is 14.0. The van der Waals surface area contributed by atoms with Crippen LogP contribution in [0.25, 0.3) is 22.4 Å². The fraction of sp³-hybridized carbons (Fsp3) is 0.364. The molecule has 0 saturated carbocycles. The van der Waals surface area contributed by atoms with Gasteiger partial charge in [0.05, 0.1) is 12.3 Å². The second-order valence-corrected chi connectivity index (χ2v) is 9.89. The van der Waals surface area contributed by atoms with E-state index in [2.05, 4.69) is 55.5 Å². The number of ether oxygens (including phenoxy) is 1. The summed E-state index contributed by atoms with van der Waals surface area (Å²) in [6, 6.07) is 21.2. The molecule has 198 valence electrons. The van der Waals surface area contributed by atoms with Crippen molar-refractivity contribution in [2.24, 2.45) is 0 Å². The molecule has 1 aliphatic rings. The molecule has 0 spiro atoms. The number of hydrogen-bond donors (Lipinski definition) is 0. The van der Waals surface area contributed by atoms with Gasteiger partial charge in [0.25, 0.3) is 11.8 Å². The van der Waals surface area contributed by atoms with Crippen LogP contribution in [-0.2, 0) is 16.0 Å². The van der Waals surface area contributed by atoms with Crippen LogP contribution in [0, 0.1) is 0 Å². The predicted octanol–water partition coefficient (Wildman–Crippen LogP) is 7.40. The number of carbonyl (C=O) groups is 2. The monoisotopic (exact) mass is 510 g/mol. The highest BCUT2D eigenvalue weighted by molar-refractivity contribution is 6.12. The SMILES string of the molecule is CCCCCCc1ccc(-c2ccc(-c3ccc(OCCCCCCN4C(=O)C=CC4=O)cc3)cn2)cc1. The molecule has 1 aliphatic heterocycles. The van der Waals surface area contributed by atoms with Crippen LogP contribution in [0.4, 0.5) is 0 Å². The molecule has 0 saturated heterocycles. The van der Waals surface area contributed by atoms with E-state index in [4.69, 9.17) is 9.72 Å². The molecule has 4 rings (SSSR count). The van der Waals surface area contributed by atoms with Gasteiger partial charge in [0.15, 0.2) is 0 Å². The molecule has 2 heterocycles. The number of unbranched alkanes of at least 4 members (excludes halogenated alkanes) is 6. The Morgan fingerprint density at radius 3 is 2.03 bits per heavy atom. The Balaban J connectivity index is 1.17. The van der Waals surface area contributed by atoms with Crippen molar-refractivity contribution in [3.63, 3.8) is 0 Å². The lowest BCUT2D eigenvalue weighted by Gasteiger charge is -2.13. The quantitative estimate of drug-likeness (QED) is 0.158. The molecule has 0 radical (unpaired) electrons. The molecule has 5 heteroatoms. The highest BCUT2D eigenvalue weighted by Crippen LogP contribution is 2.25. The van der Waals surface area contributed by atoms with Crippen LogP contribution in [0.5, 0.6) is 5.75 Å². The molecule has 0 N–H and O–H groups in total. The van der Waals surface area contributed by atoms with Gasteiger partial charge in [-0.1, -0.05) is 81.5 Å². The molecular formula is C33H38N2O3. The first-order valence-corrected chi connectivity index (χ1v) is 14.0. The minimum atomic E-state index is -0.202. The Morgan fingerprint density at radius 2 is 1.34 bits per heavy atom.